The van der Waals surface area contributed by atoms with E-state index < -0.39 is 10.0 Å². The van der Waals surface area contributed by atoms with Crippen LogP contribution < -0.4 is 5.32 Å². The second kappa shape index (κ2) is 8.01. The van der Waals surface area contributed by atoms with Gasteiger partial charge in [-0.05, 0) is 36.1 Å². The maximum atomic E-state index is 12.9. The van der Waals surface area contributed by atoms with Crippen LogP contribution in [0, 0.1) is 12.8 Å². The Morgan fingerprint density at radius 3 is 2.19 bits per heavy atom. The quantitative estimate of drug-likeness (QED) is 0.843. The number of amides is 1. The molecule has 0 saturated carbocycles. The first-order valence-corrected chi connectivity index (χ1v) is 9.97. The first-order valence-electron chi connectivity index (χ1n) is 8.53. The molecule has 1 atom stereocenters. The molecule has 2 rings (SSSR count). The zero-order chi connectivity index (χ0) is 19.5. The van der Waals surface area contributed by atoms with Crippen LogP contribution in [0.3, 0.4) is 0 Å². The normalized spacial score (nSPS) is 13.0. The van der Waals surface area contributed by atoms with Crippen LogP contribution in [0.4, 0.5) is 0 Å². The molecule has 26 heavy (non-hydrogen) atoms. The van der Waals surface area contributed by atoms with E-state index in [2.05, 4.69) is 5.32 Å². The molecule has 0 aliphatic rings. The Morgan fingerprint density at radius 1 is 1.04 bits per heavy atom. The van der Waals surface area contributed by atoms with E-state index in [1.807, 2.05) is 44.2 Å². The third-order valence-corrected chi connectivity index (χ3v) is 6.16. The van der Waals surface area contributed by atoms with Gasteiger partial charge < -0.3 is 5.32 Å². The number of rotatable bonds is 6. The van der Waals surface area contributed by atoms with E-state index in [0.717, 1.165) is 15.4 Å². The second-order valence-electron chi connectivity index (χ2n) is 6.87. The maximum Gasteiger partial charge on any atom is 0.252 e. The molecule has 0 saturated heterocycles. The van der Waals surface area contributed by atoms with Crippen molar-refractivity contribution < 1.29 is 13.2 Å². The van der Waals surface area contributed by atoms with Gasteiger partial charge in [0.15, 0.2) is 0 Å². The Kier molecular flexibility index (Phi) is 6.21. The summed E-state index contributed by atoms with van der Waals surface area (Å²) in [6.45, 7) is 5.88. The molecule has 1 amide bonds. The lowest BCUT2D eigenvalue weighted by Gasteiger charge is -2.23. The van der Waals surface area contributed by atoms with Crippen LogP contribution >= 0.6 is 0 Å². The Bertz CT molecular complexity index is 875. The molecule has 0 unspecified atom stereocenters. The van der Waals surface area contributed by atoms with Gasteiger partial charge in [0.1, 0.15) is 0 Å². The summed E-state index contributed by atoms with van der Waals surface area (Å²) >= 11 is 0. The minimum Gasteiger partial charge on any atom is -0.345 e. The van der Waals surface area contributed by atoms with Crippen molar-refractivity contribution in [3.8, 4) is 0 Å². The number of nitrogens with one attached hydrogen (secondary N) is 1. The van der Waals surface area contributed by atoms with Gasteiger partial charge in [0.05, 0.1) is 10.9 Å². The number of carbonyl (C=O) groups excluding carboxylic acids is 1. The third kappa shape index (κ3) is 4.31. The van der Waals surface area contributed by atoms with Crippen LogP contribution in [0.2, 0.25) is 0 Å². The predicted molar refractivity (Wildman–Crippen MR) is 104 cm³/mol. The number of nitrogens with zero attached hydrogens (tertiary/aromatic N) is 1. The molecule has 6 heteroatoms. The Labute approximate surface area is 156 Å². The molecule has 0 fully saturated rings. The molecule has 140 valence electrons. The molecule has 5 nitrogen and oxygen atoms in total. The fraction of sp³-hybridized carbons (Fsp3) is 0.350. The number of aryl methyl sites for hydroxylation is 1. The average Bonchev–Trinajstić information content (AvgIpc) is 2.60. The smallest absolute Gasteiger partial charge is 0.252 e. The highest BCUT2D eigenvalue weighted by Crippen LogP contribution is 2.23. The van der Waals surface area contributed by atoms with Crippen LogP contribution in [-0.2, 0) is 10.0 Å². The van der Waals surface area contributed by atoms with E-state index in [4.69, 9.17) is 0 Å². The summed E-state index contributed by atoms with van der Waals surface area (Å²) < 4.78 is 25.9. The number of carbonyl (C=O) groups is 1. The highest BCUT2D eigenvalue weighted by molar-refractivity contribution is 7.89. The topological polar surface area (TPSA) is 66.5 Å². The molecule has 0 bridgehead atoms. The molecule has 0 heterocycles. The number of hydrogen-bond acceptors (Lipinski definition) is 3. The van der Waals surface area contributed by atoms with E-state index in [1.165, 1.54) is 26.2 Å². The van der Waals surface area contributed by atoms with Crippen LogP contribution in [-0.4, -0.2) is 32.7 Å². The molecule has 2 aromatic rings. The predicted octanol–water partition coefficient (Wildman–Crippen LogP) is 3.37. The molecule has 0 aliphatic heterocycles. The van der Waals surface area contributed by atoms with Gasteiger partial charge in [-0.2, -0.15) is 0 Å². The summed E-state index contributed by atoms with van der Waals surface area (Å²) in [4.78, 5) is 13.0. The lowest BCUT2D eigenvalue weighted by Crippen LogP contribution is -2.32. The van der Waals surface area contributed by atoms with Gasteiger partial charge in [-0.1, -0.05) is 50.2 Å². The minimum atomic E-state index is -3.59. The SMILES string of the molecule is Cc1ccc(S(=O)(=O)N(C)C)cc1C(=O)N[C@@H](c1ccccc1)C(C)C. The summed E-state index contributed by atoms with van der Waals surface area (Å²) in [5.41, 5.74) is 2.12. The van der Waals surface area contributed by atoms with Crippen molar-refractivity contribution in [1.29, 1.82) is 0 Å². The summed E-state index contributed by atoms with van der Waals surface area (Å²) in [6, 6.07) is 14.2. The van der Waals surface area contributed by atoms with E-state index in [-0.39, 0.29) is 22.8 Å². The highest BCUT2D eigenvalue weighted by atomic mass is 32.2. The zero-order valence-corrected chi connectivity index (χ0v) is 16.7. The van der Waals surface area contributed by atoms with Crippen molar-refractivity contribution in [2.24, 2.45) is 5.92 Å². The first kappa shape index (κ1) is 20.1. The zero-order valence-electron chi connectivity index (χ0n) is 15.9. The van der Waals surface area contributed by atoms with Crippen molar-refractivity contribution in [3.63, 3.8) is 0 Å². The fourth-order valence-electron chi connectivity index (χ4n) is 2.73. The van der Waals surface area contributed by atoms with Crippen LogP contribution in [0.5, 0.6) is 0 Å². The third-order valence-electron chi connectivity index (χ3n) is 4.34. The van der Waals surface area contributed by atoms with Gasteiger partial charge in [-0.3, -0.25) is 4.79 Å². The molecule has 1 N–H and O–H groups in total. The summed E-state index contributed by atoms with van der Waals surface area (Å²) in [5.74, 6) is -0.0868. The summed E-state index contributed by atoms with van der Waals surface area (Å²) in [5, 5.41) is 3.05. The minimum absolute atomic E-state index is 0.110. The van der Waals surface area contributed by atoms with Crippen LogP contribution in [0.1, 0.15) is 41.4 Å². The molecular formula is C20H26N2O3S. The summed E-state index contributed by atoms with van der Waals surface area (Å²) in [7, 11) is -0.651. The average molecular weight is 375 g/mol. The van der Waals surface area contributed by atoms with Gasteiger partial charge in [0, 0.05) is 19.7 Å². The van der Waals surface area contributed by atoms with Gasteiger partial charge >= 0.3 is 0 Å². The van der Waals surface area contributed by atoms with Crippen molar-refractivity contribution in [2.75, 3.05) is 14.1 Å². The molecule has 0 aromatic heterocycles. The van der Waals surface area contributed by atoms with Gasteiger partial charge in [0.25, 0.3) is 5.91 Å². The van der Waals surface area contributed by atoms with E-state index >= 15 is 0 Å². The number of sulfonamides is 1. The summed E-state index contributed by atoms with van der Waals surface area (Å²) in [6.07, 6.45) is 0. The Hall–Kier alpha value is -2.18. The molecule has 0 aliphatic carbocycles. The van der Waals surface area contributed by atoms with Gasteiger partial charge in [-0.25, -0.2) is 12.7 Å². The maximum absolute atomic E-state index is 12.9. The van der Waals surface area contributed by atoms with Crippen molar-refractivity contribution in [2.45, 2.75) is 31.7 Å². The van der Waals surface area contributed by atoms with Crippen molar-refractivity contribution in [1.82, 2.24) is 9.62 Å². The lowest BCUT2D eigenvalue weighted by molar-refractivity contribution is 0.0924. The van der Waals surface area contributed by atoms with Gasteiger partial charge in [-0.15, -0.1) is 0 Å². The molecule has 0 spiro atoms. The highest BCUT2D eigenvalue weighted by Gasteiger charge is 2.23. The van der Waals surface area contributed by atoms with Crippen LogP contribution in [0.15, 0.2) is 53.4 Å². The molecular weight excluding hydrogens is 348 g/mol. The van der Waals surface area contributed by atoms with E-state index in [0.29, 0.717) is 5.56 Å². The lowest BCUT2D eigenvalue weighted by atomic mass is 9.95. The fourth-order valence-corrected chi connectivity index (χ4v) is 3.66. The Balaban J connectivity index is 2.37. The standard InChI is InChI=1S/C20H26N2O3S/c1-14(2)19(16-9-7-6-8-10-16)21-20(23)18-13-17(12-11-15(18)3)26(24,25)22(4)5/h6-14,19H,1-5H3,(H,21,23)/t19-/m1/s1. The van der Waals surface area contributed by atoms with Crippen molar-refractivity contribution in [3.05, 3.63) is 65.2 Å². The molecule has 0 radical (unpaired) electrons. The second-order valence-corrected chi connectivity index (χ2v) is 9.02. The monoisotopic (exact) mass is 374 g/mol. The molecule has 2 aromatic carbocycles. The largest absolute Gasteiger partial charge is 0.345 e. The van der Waals surface area contributed by atoms with Crippen LogP contribution in [0.25, 0.3) is 0 Å². The van der Waals surface area contributed by atoms with E-state index in [1.54, 1.807) is 13.0 Å². The van der Waals surface area contributed by atoms with E-state index in [9.17, 15) is 13.2 Å². The van der Waals surface area contributed by atoms with Crippen molar-refractivity contribution >= 4 is 15.9 Å². The van der Waals surface area contributed by atoms with Gasteiger partial charge in [0.2, 0.25) is 10.0 Å². The number of benzene rings is 2. The first-order chi connectivity index (χ1) is 12.1. The number of hydrogen-bond donors (Lipinski definition) is 1. The Morgan fingerprint density at radius 2 is 1.65 bits per heavy atom.